The van der Waals surface area contributed by atoms with Gasteiger partial charge in [0.2, 0.25) is 0 Å². The number of anilines is 1. The van der Waals surface area contributed by atoms with Gasteiger partial charge in [0, 0.05) is 17.9 Å². The third-order valence-corrected chi connectivity index (χ3v) is 4.73. The fraction of sp³-hybridized carbons (Fsp3) is 0.286. The van der Waals surface area contributed by atoms with Crippen molar-refractivity contribution in [2.45, 2.75) is 33.7 Å². The summed E-state index contributed by atoms with van der Waals surface area (Å²) in [6.45, 7) is 7.87. The summed E-state index contributed by atoms with van der Waals surface area (Å²) in [7, 11) is 0. The molecule has 2 N–H and O–H groups in total. The van der Waals surface area contributed by atoms with Crippen molar-refractivity contribution in [1.82, 2.24) is 15.1 Å². The first-order chi connectivity index (χ1) is 13.4. The van der Waals surface area contributed by atoms with Gasteiger partial charge in [0.15, 0.2) is 0 Å². The quantitative estimate of drug-likeness (QED) is 0.666. The van der Waals surface area contributed by atoms with E-state index in [4.69, 9.17) is 4.42 Å². The predicted molar refractivity (Wildman–Crippen MR) is 106 cm³/mol. The van der Waals surface area contributed by atoms with E-state index in [1.165, 1.54) is 0 Å². The molecule has 0 radical (unpaired) electrons. The first-order valence-electron chi connectivity index (χ1n) is 9.08. The smallest absolute Gasteiger partial charge is 0.313 e. The minimum absolute atomic E-state index is 0.175. The number of benzene rings is 1. The summed E-state index contributed by atoms with van der Waals surface area (Å²) in [5.41, 5.74) is 4.41. The van der Waals surface area contributed by atoms with Crippen molar-refractivity contribution < 1.29 is 14.0 Å². The Morgan fingerprint density at radius 2 is 1.89 bits per heavy atom. The molecule has 2 amide bonds. The topological polar surface area (TPSA) is 89.2 Å². The maximum absolute atomic E-state index is 12.4. The van der Waals surface area contributed by atoms with Gasteiger partial charge in [-0.3, -0.25) is 14.3 Å². The molecule has 0 aliphatic heterocycles. The van der Waals surface area contributed by atoms with Crippen LogP contribution in [0.25, 0.3) is 0 Å². The minimum atomic E-state index is -0.709. The molecule has 28 heavy (non-hydrogen) atoms. The van der Waals surface area contributed by atoms with E-state index >= 15 is 0 Å². The number of aryl methyl sites for hydroxylation is 3. The zero-order valence-corrected chi connectivity index (χ0v) is 16.4. The number of amides is 2. The van der Waals surface area contributed by atoms with E-state index in [2.05, 4.69) is 15.7 Å². The number of nitrogens with one attached hydrogen (secondary N) is 2. The van der Waals surface area contributed by atoms with E-state index in [0.717, 1.165) is 22.5 Å². The summed E-state index contributed by atoms with van der Waals surface area (Å²) >= 11 is 0. The number of carbonyl (C=O) groups excluding carboxylic acids is 2. The molecule has 3 rings (SSSR count). The molecule has 0 spiro atoms. The molecule has 3 aromatic rings. The van der Waals surface area contributed by atoms with E-state index in [0.29, 0.717) is 11.4 Å². The molecule has 7 nitrogen and oxygen atoms in total. The largest absolute Gasteiger partial charge is 0.467 e. The predicted octanol–water partition coefficient (Wildman–Crippen LogP) is 3.05. The van der Waals surface area contributed by atoms with Gasteiger partial charge >= 0.3 is 11.8 Å². The Kier molecular flexibility index (Phi) is 5.63. The van der Waals surface area contributed by atoms with Crippen LogP contribution in [0.1, 0.15) is 34.3 Å². The van der Waals surface area contributed by atoms with Crippen LogP contribution in [-0.4, -0.2) is 28.1 Å². The van der Waals surface area contributed by atoms with Crippen LogP contribution in [-0.2, 0) is 9.59 Å². The van der Waals surface area contributed by atoms with E-state index < -0.39 is 11.8 Å². The van der Waals surface area contributed by atoms with E-state index in [-0.39, 0.29) is 12.6 Å². The number of carbonyl (C=O) groups is 2. The fourth-order valence-corrected chi connectivity index (χ4v) is 3.09. The Morgan fingerprint density at radius 1 is 1.11 bits per heavy atom. The number of hydrogen-bond donors (Lipinski definition) is 2. The van der Waals surface area contributed by atoms with Gasteiger partial charge in [-0.2, -0.15) is 5.10 Å². The van der Waals surface area contributed by atoms with Crippen molar-refractivity contribution in [3.05, 3.63) is 70.9 Å². The summed E-state index contributed by atoms with van der Waals surface area (Å²) in [6.07, 6.45) is 1.57. The molecule has 7 heteroatoms. The zero-order chi connectivity index (χ0) is 20.3. The molecule has 0 saturated carbocycles. The lowest BCUT2D eigenvalue weighted by atomic mass is 10.1. The van der Waals surface area contributed by atoms with Gasteiger partial charge in [-0.1, -0.05) is 12.1 Å². The van der Waals surface area contributed by atoms with Crippen LogP contribution >= 0.6 is 0 Å². The minimum Gasteiger partial charge on any atom is -0.467 e. The third-order valence-electron chi connectivity index (χ3n) is 4.73. The molecule has 146 valence electrons. The Hall–Kier alpha value is -3.35. The molecule has 0 fully saturated rings. The average Bonchev–Trinajstić information content (AvgIpc) is 3.29. The highest BCUT2D eigenvalue weighted by molar-refractivity contribution is 6.39. The summed E-state index contributed by atoms with van der Waals surface area (Å²) < 4.78 is 7.31. The Bertz CT molecular complexity index is 989. The van der Waals surface area contributed by atoms with E-state index in [1.54, 1.807) is 23.1 Å². The van der Waals surface area contributed by atoms with Gasteiger partial charge < -0.3 is 15.1 Å². The Labute approximate surface area is 163 Å². The second kappa shape index (κ2) is 8.12. The maximum Gasteiger partial charge on any atom is 0.313 e. The second-order valence-electron chi connectivity index (χ2n) is 6.81. The van der Waals surface area contributed by atoms with Crippen LogP contribution in [0.15, 0.2) is 47.1 Å². The number of aromatic nitrogens is 2. The van der Waals surface area contributed by atoms with Crippen LogP contribution < -0.4 is 10.6 Å². The molecule has 1 atom stereocenters. The van der Waals surface area contributed by atoms with Gasteiger partial charge in [-0.15, -0.1) is 0 Å². The van der Waals surface area contributed by atoms with Crippen LogP contribution in [0.5, 0.6) is 0 Å². The van der Waals surface area contributed by atoms with Crippen molar-refractivity contribution >= 4 is 17.5 Å². The third kappa shape index (κ3) is 4.14. The number of furan rings is 1. The van der Waals surface area contributed by atoms with Gasteiger partial charge in [0.1, 0.15) is 11.8 Å². The first-order valence-corrected chi connectivity index (χ1v) is 9.08. The van der Waals surface area contributed by atoms with Gasteiger partial charge in [0.05, 0.1) is 12.0 Å². The Morgan fingerprint density at radius 3 is 2.54 bits per heavy atom. The van der Waals surface area contributed by atoms with Crippen molar-refractivity contribution in [2.75, 3.05) is 11.9 Å². The number of hydrogen-bond acceptors (Lipinski definition) is 4. The Balaban J connectivity index is 1.71. The molecule has 2 heterocycles. The summed E-state index contributed by atoms with van der Waals surface area (Å²) in [6, 6.07) is 10.8. The summed E-state index contributed by atoms with van der Waals surface area (Å²) in [4.78, 5) is 24.7. The molecular formula is C21H24N4O3. The second-order valence-corrected chi connectivity index (χ2v) is 6.81. The SMILES string of the molecule is Cc1cc(C)n([C@H](CNC(=O)C(=O)Nc2cccc(C)c2C)c2ccco2)n1. The summed E-state index contributed by atoms with van der Waals surface area (Å²) in [5, 5.41) is 9.84. The van der Waals surface area contributed by atoms with E-state index in [1.807, 2.05) is 52.0 Å². The molecular weight excluding hydrogens is 356 g/mol. The highest BCUT2D eigenvalue weighted by atomic mass is 16.3. The van der Waals surface area contributed by atoms with Crippen molar-refractivity contribution in [3.8, 4) is 0 Å². The highest BCUT2D eigenvalue weighted by Gasteiger charge is 2.23. The molecule has 0 aliphatic carbocycles. The van der Waals surface area contributed by atoms with Crippen LogP contribution in [0.3, 0.4) is 0 Å². The highest BCUT2D eigenvalue weighted by Crippen LogP contribution is 2.21. The zero-order valence-electron chi connectivity index (χ0n) is 16.4. The number of rotatable bonds is 5. The van der Waals surface area contributed by atoms with Crippen molar-refractivity contribution in [2.24, 2.45) is 0 Å². The average molecular weight is 380 g/mol. The van der Waals surface area contributed by atoms with Gasteiger partial charge in [-0.05, 0) is 63.1 Å². The van der Waals surface area contributed by atoms with Crippen LogP contribution in [0.2, 0.25) is 0 Å². The summed E-state index contributed by atoms with van der Waals surface area (Å²) in [5.74, 6) is -0.763. The maximum atomic E-state index is 12.4. The molecule has 0 unspecified atom stereocenters. The lowest BCUT2D eigenvalue weighted by Gasteiger charge is -2.18. The van der Waals surface area contributed by atoms with E-state index in [9.17, 15) is 9.59 Å². The van der Waals surface area contributed by atoms with Crippen LogP contribution in [0, 0.1) is 27.7 Å². The molecule has 0 aliphatic rings. The monoisotopic (exact) mass is 380 g/mol. The van der Waals surface area contributed by atoms with Gasteiger partial charge in [0.25, 0.3) is 0 Å². The standard InChI is InChI=1S/C21H24N4O3/c1-13-7-5-8-17(16(13)4)23-21(27)20(26)22-12-18(19-9-6-10-28-19)25-15(3)11-14(2)24-25/h5-11,18H,12H2,1-4H3,(H,22,26)(H,23,27)/t18-/m1/s1. The normalized spacial score (nSPS) is 11.9. The molecule has 0 bridgehead atoms. The molecule has 2 aromatic heterocycles. The lowest BCUT2D eigenvalue weighted by molar-refractivity contribution is -0.136. The van der Waals surface area contributed by atoms with Gasteiger partial charge in [-0.25, -0.2) is 0 Å². The fourth-order valence-electron chi connectivity index (χ4n) is 3.09. The lowest BCUT2D eigenvalue weighted by Crippen LogP contribution is -2.39. The first kappa shape index (κ1) is 19.4. The number of nitrogens with zero attached hydrogens (tertiary/aromatic N) is 2. The van der Waals surface area contributed by atoms with Crippen molar-refractivity contribution in [3.63, 3.8) is 0 Å². The van der Waals surface area contributed by atoms with Crippen LogP contribution in [0.4, 0.5) is 5.69 Å². The molecule has 0 saturated heterocycles. The molecule has 1 aromatic carbocycles. The van der Waals surface area contributed by atoms with Crippen molar-refractivity contribution in [1.29, 1.82) is 0 Å².